The third kappa shape index (κ3) is 6.07. The number of allylic oxidation sites excluding steroid dienone is 2. The number of hydrogen-bond acceptors (Lipinski definition) is 4. The summed E-state index contributed by atoms with van der Waals surface area (Å²) in [5.41, 5.74) is 2.15. The summed E-state index contributed by atoms with van der Waals surface area (Å²) in [5, 5.41) is 3.06. The van der Waals surface area contributed by atoms with Gasteiger partial charge in [0, 0.05) is 24.4 Å². The van der Waals surface area contributed by atoms with Crippen LogP contribution in [0.15, 0.2) is 53.8 Å². The minimum Gasteiger partial charge on any atom is -0.484 e. The first-order chi connectivity index (χ1) is 18.1. The van der Waals surface area contributed by atoms with Gasteiger partial charge < -0.3 is 19.9 Å². The molecule has 0 spiro atoms. The molecule has 1 N–H and O–H groups in total. The van der Waals surface area contributed by atoms with Crippen LogP contribution in [0.2, 0.25) is 0 Å². The van der Waals surface area contributed by atoms with Crippen molar-refractivity contribution in [1.82, 2.24) is 4.90 Å². The molecule has 2 aromatic rings. The molecule has 5 nitrogen and oxygen atoms in total. The van der Waals surface area contributed by atoms with Crippen LogP contribution in [-0.2, 0) is 0 Å². The molecule has 0 aliphatic carbocycles. The molecule has 2 heterocycles. The average Bonchev–Trinajstić information content (AvgIpc) is 2.87. The number of halogens is 3. The van der Waals surface area contributed by atoms with E-state index in [4.69, 9.17) is 4.74 Å². The number of nitrogens with one attached hydrogen (secondary N) is 1. The maximum Gasteiger partial charge on any atom is 0.178 e. The van der Waals surface area contributed by atoms with Crippen LogP contribution >= 0.6 is 0 Å². The quantitative estimate of drug-likeness (QED) is 0.256. The fourth-order valence-electron chi connectivity index (χ4n) is 5.18. The molecule has 8 heteroatoms. The number of rotatable bonds is 6. The maximum atomic E-state index is 15.2. The SMILES string of the molecule is C=C(F)/C(=C\C(=N/C)Nc1ccc(C2CCN(C)CC2)c(F)c1)c1cc(F)c2c(c1)N(C(C)C)CC(C)O2. The van der Waals surface area contributed by atoms with Gasteiger partial charge in [-0.15, -0.1) is 0 Å². The average molecular weight is 527 g/mol. The lowest BCUT2D eigenvalue weighted by Crippen LogP contribution is -2.42. The monoisotopic (exact) mass is 526 g/mol. The van der Waals surface area contributed by atoms with E-state index >= 15 is 8.78 Å². The third-order valence-corrected chi connectivity index (χ3v) is 7.29. The van der Waals surface area contributed by atoms with E-state index in [2.05, 4.69) is 28.8 Å². The summed E-state index contributed by atoms with van der Waals surface area (Å²) in [7, 11) is 3.62. The molecule has 0 amide bonds. The first-order valence-electron chi connectivity index (χ1n) is 13.1. The summed E-state index contributed by atoms with van der Waals surface area (Å²) in [6, 6.07) is 8.10. The number of piperidine rings is 1. The maximum absolute atomic E-state index is 15.2. The second-order valence-electron chi connectivity index (χ2n) is 10.5. The molecule has 0 aromatic heterocycles. The second kappa shape index (κ2) is 11.6. The molecule has 0 bridgehead atoms. The number of likely N-dealkylation sites (tertiary alicyclic amines) is 1. The zero-order chi connectivity index (χ0) is 27.6. The summed E-state index contributed by atoms with van der Waals surface area (Å²) in [6.07, 6.45) is 3.12. The molecule has 2 aromatic carbocycles. The van der Waals surface area contributed by atoms with Gasteiger partial charge >= 0.3 is 0 Å². The van der Waals surface area contributed by atoms with Gasteiger partial charge in [0.1, 0.15) is 23.6 Å². The Labute approximate surface area is 223 Å². The number of benzene rings is 2. The Balaban J connectivity index is 1.62. The van der Waals surface area contributed by atoms with Crippen LogP contribution in [0.25, 0.3) is 5.57 Å². The Hall–Kier alpha value is -3.26. The van der Waals surface area contributed by atoms with Crippen molar-refractivity contribution in [2.45, 2.75) is 51.7 Å². The Morgan fingerprint density at radius 2 is 1.87 bits per heavy atom. The highest BCUT2D eigenvalue weighted by atomic mass is 19.1. The molecule has 2 aliphatic heterocycles. The summed E-state index contributed by atoms with van der Waals surface area (Å²) in [4.78, 5) is 8.50. The van der Waals surface area contributed by atoms with E-state index in [1.54, 1.807) is 25.2 Å². The van der Waals surface area contributed by atoms with Gasteiger partial charge in [-0.3, -0.25) is 4.99 Å². The molecule has 0 radical (unpaired) electrons. The number of aliphatic imine (C=N–C) groups is 1. The van der Waals surface area contributed by atoms with Crippen molar-refractivity contribution in [2.24, 2.45) is 4.99 Å². The largest absolute Gasteiger partial charge is 0.484 e. The number of nitrogens with zero attached hydrogens (tertiary/aromatic N) is 3. The van der Waals surface area contributed by atoms with E-state index in [1.807, 2.05) is 25.7 Å². The molecule has 1 fully saturated rings. The highest BCUT2D eigenvalue weighted by Crippen LogP contribution is 2.40. The zero-order valence-electron chi connectivity index (χ0n) is 22.8. The lowest BCUT2D eigenvalue weighted by atomic mass is 9.89. The Bertz CT molecular complexity index is 1250. The smallest absolute Gasteiger partial charge is 0.178 e. The predicted octanol–water partition coefficient (Wildman–Crippen LogP) is 6.78. The zero-order valence-corrected chi connectivity index (χ0v) is 22.8. The number of anilines is 2. The Morgan fingerprint density at radius 1 is 1.16 bits per heavy atom. The van der Waals surface area contributed by atoms with Gasteiger partial charge in [0.2, 0.25) is 0 Å². The van der Waals surface area contributed by atoms with E-state index in [0.717, 1.165) is 25.9 Å². The number of amidine groups is 1. The van der Waals surface area contributed by atoms with Crippen LogP contribution in [0.1, 0.15) is 50.7 Å². The molecule has 0 saturated carbocycles. The molecule has 2 aliphatic rings. The summed E-state index contributed by atoms with van der Waals surface area (Å²) < 4.78 is 50.7. The summed E-state index contributed by atoms with van der Waals surface area (Å²) >= 11 is 0. The molecular formula is C30H37F3N4O. The first-order valence-corrected chi connectivity index (χ1v) is 13.1. The Morgan fingerprint density at radius 3 is 2.47 bits per heavy atom. The van der Waals surface area contributed by atoms with Gasteiger partial charge in [-0.25, -0.2) is 13.2 Å². The van der Waals surface area contributed by atoms with Gasteiger partial charge in [-0.2, -0.15) is 0 Å². The van der Waals surface area contributed by atoms with Crippen LogP contribution < -0.4 is 15.0 Å². The van der Waals surface area contributed by atoms with Gasteiger partial charge in [0.15, 0.2) is 11.6 Å². The van der Waals surface area contributed by atoms with Crippen LogP contribution in [0, 0.1) is 11.6 Å². The topological polar surface area (TPSA) is 40.1 Å². The van der Waals surface area contributed by atoms with E-state index < -0.39 is 11.6 Å². The van der Waals surface area contributed by atoms with Crippen molar-refractivity contribution in [3.63, 3.8) is 0 Å². The number of ether oxygens (including phenoxy) is 1. The van der Waals surface area contributed by atoms with Crippen LogP contribution in [0.5, 0.6) is 5.75 Å². The van der Waals surface area contributed by atoms with E-state index in [0.29, 0.717) is 29.0 Å². The minimum absolute atomic E-state index is 0.0746. The molecule has 1 unspecified atom stereocenters. The third-order valence-electron chi connectivity index (χ3n) is 7.29. The molecule has 204 valence electrons. The molecule has 4 rings (SSSR count). The molecule has 1 saturated heterocycles. The molecule has 1 atom stereocenters. The lowest BCUT2D eigenvalue weighted by molar-refractivity contribution is 0.199. The molecular weight excluding hydrogens is 489 g/mol. The summed E-state index contributed by atoms with van der Waals surface area (Å²) in [5.74, 6) is -0.952. The van der Waals surface area contributed by atoms with Crippen molar-refractivity contribution in [3.8, 4) is 5.75 Å². The van der Waals surface area contributed by atoms with E-state index in [1.165, 1.54) is 18.2 Å². The van der Waals surface area contributed by atoms with Crippen molar-refractivity contribution < 1.29 is 17.9 Å². The standard InChI is InChI=1S/C30H37F3N4O/c1-18(2)37-17-19(3)38-30-27(33)13-22(14-28(30)37)25(20(4)31)16-29(34-5)35-23-7-8-24(26(32)15-23)21-9-11-36(6)12-10-21/h7-8,13-16,18-19,21H,4,9-12,17H2,1-3,5-6H3,(H,34,35)/b25-16+. The highest BCUT2D eigenvalue weighted by molar-refractivity contribution is 6.09. The van der Waals surface area contributed by atoms with Crippen molar-refractivity contribution in [2.75, 3.05) is 43.9 Å². The van der Waals surface area contributed by atoms with E-state index in [-0.39, 0.29) is 41.0 Å². The minimum atomic E-state index is -0.739. The fraction of sp³-hybridized carbons (Fsp3) is 0.433. The van der Waals surface area contributed by atoms with Gasteiger partial charge in [-0.05, 0) is 101 Å². The van der Waals surface area contributed by atoms with Gasteiger partial charge in [0.05, 0.1) is 12.2 Å². The molecule has 38 heavy (non-hydrogen) atoms. The van der Waals surface area contributed by atoms with Gasteiger partial charge in [-0.1, -0.05) is 12.6 Å². The second-order valence-corrected chi connectivity index (χ2v) is 10.5. The highest BCUT2D eigenvalue weighted by Gasteiger charge is 2.29. The normalized spacial score (nSPS) is 19.4. The van der Waals surface area contributed by atoms with Crippen molar-refractivity contribution in [1.29, 1.82) is 0 Å². The van der Waals surface area contributed by atoms with Gasteiger partial charge in [0.25, 0.3) is 0 Å². The predicted molar refractivity (Wildman–Crippen MR) is 150 cm³/mol. The van der Waals surface area contributed by atoms with Crippen molar-refractivity contribution >= 4 is 22.8 Å². The Kier molecular flexibility index (Phi) is 8.51. The fourth-order valence-corrected chi connectivity index (χ4v) is 5.18. The van der Waals surface area contributed by atoms with Crippen molar-refractivity contribution in [3.05, 3.63) is 71.6 Å². The number of fused-ring (bicyclic) bond motifs is 1. The summed E-state index contributed by atoms with van der Waals surface area (Å²) in [6.45, 7) is 11.9. The first kappa shape index (κ1) is 27.8. The van der Waals surface area contributed by atoms with Crippen LogP contribution in [0.4, 0.5) is 24.5 Å². The van der Waals surface area contributed by atoms with Crippen LogP contribution in [-0.4, -0.2) is 56.6 Å². The lowest BCUT2D eigenvalue weighted by Gasteiger charge is -2.38. The van der Waals surface area contributed by atoms with E-state index in [9.17, 15) is 4.39 Å². The van der Waals surface area contributed by atoms with Crippen LogP contribution in [0.3, 0.4) is 0 Å². The number of hydrogen-bond donors (Lipinski definition) is 1.